The minimum Gasteiger partial charge on any atom is -0.265 e. The average molecular weight is 296 g/mol. The molecule has 0 saturated heterocycles. The third kappa shape index (κ3) is 2.32. The SMILES string of the molecule is CCCn1nc(C(C)C)c2cnn(-c3ccccc3)c2c1=O. The van der Waals surface area contributed by atoms with Gasteiger partial charge in [0.1, 0.15) is 5.52 Å². The van der Waals surface area contributed by atoms with Crippen LogP contribution in [-0.4, -0.2) is 19.6 Å². The van der Waals surface area contributed by atoms with Gasteiger partial charge in [-0.1, -0.05) is 39.0 Å². The van der Waals surface area contributed by atoms with Crippen molar-refractivity contribution in [1.29, 1.82) is 0 Å². The number of rotatable bonds is 4. The molecule has 22 heavy (non-hydrogen) atoms. The topological polar surface area (TPSA) is 52.7 Å². The molecule has 114 valence electrons. The first kappa shape index (κ1) is 14.5. The summed E-state index contributed by atoms with van der Waals surface area (Å²) in [6.45, 7) is 6.83. The highest BCUT2D eigenvalue weighted by Crippen LogP contribution is 2.22. The monoisotopic (exact) mass is 296 g/mol. The summed E-state index contributed by atoms with van der Waals surface area (Å²) in [5.41, 5.74) is 2.34. The molecule has 0 fully saturated rings. The molecule has 2 heterocycles. The summed E-state index contributed by atoms with van der Waals surface area (Å²) in [4.78, 5) is 12.8. The second-order valence-electron chi connectivity index (χ2n) is 5.72. The van der Waals surface area contributed by atoms with E-state index in [4.69, 9.17) is 0 Å². The van der Waals surface area contributed by atoms with Crippen molar-refractivity contribution in [1.82, 2.24) is 19.6 Å². The number of benzene rings is 1. The lowest BCUT2D eigenvalue weighted by atomic mass is 10.1. The zero-order valence-electron chi connectivity index (χ0n) is 13.2. The Bertz CT molecular complexity index is 846. The van der Waals surface area contributed by atoms with Crippen molar-refractivity contribution < 1.29 is 0 Å². The first-order valence-electron chi connectivity index (χ1n) is 7.67. The summed E-state index contributed by atoms with van der Waals surface area (Å²) >= 11 is 0. The first-order chi connectivity index (χ1) is 10.6. The standard InChI is InChI=1S/C17H20N4O/c1-4-10-20-17(22)16-14(15(19-20)12(2)3)11-18-21(16)13-8-6-5-7-9-13/h5-9,11-12H,4,10H2,1-3H3. The lowest BCUT2D eigenvalue weighted by molar-refractivity contribution is 0.553. The lowest BCUT2D eigenvalue weighted by Gasteiger charge is -2.11. The molecule has 0 unspecified atom stereocenters. The Kier molecular flexibility index (Phi) is 3.79. The third-order valence-electron chi connectivity index (χ3n) is 3.69. The molecular formula is C17H20N4O. The van der Waals surface area contributed by atoms with Crippen LogP contribution >= 0.6 is 0 Å². The molecule has 5 heteroatoms. The Labute approximate surface area is 129 Å². The van der Waals surface area contributed by atoms with Crippen LogP contribution in [0.4, 0.5) is 0 Å². The molecule has 0 saturated carbocycles. The Hall–Kier alpha value is -2.43. The average Bonchev–Trinajstić information content (AvgIpc) is 2.96. The van der Waals surface area contributed by atoms with Gasteiger partial charge in [-0.2, -0.15) is 10.2 Å². The van der Waals surface area contributed by atoms with Gasteiger partial charge in [-0.15, -0.1) is 0 Å². The molecule has 0 aliphatic rings. The van der Waals surface area contributed by atoms with Crippen LogP contribution in [0.2, 0.25) is 0 Å². The fraction of sp³-hybridized carbons (Fsp3) is 0.353. The van der Waals surface area contributed by atoms with Gasteiger partial charge in [0, 0.05) is 11.9 Å². The molecule has 2 aromatic heterocycles. The predicted molar refractivity (Wildman–Crippen MR) is 87.5 cm³/mol. The summed E-state index contributed by atoms with van der Waals surface area (Å²) in [5.74, 6) is 0.236. The highest BCUT2D eigenvalue weighted by molar-refractivity contribution is 5.81. The predicted octanol–water partition coefficient (Wildman–Crippen LogP) is 3.12. The fourth-order valence-corrected chi connectivity index (χ4v) is 2.65. The van der Waals surface area contributed by atoms with Gasteiger partial charge in [0.15, 0.2) is 0 Å². The zero-order valence-corrected chi connectivity index (χ0v) is 13.2. The van der Waals surface area contributed by atoms with Gasteiger partial charge in [-0.25, -0.2) is 9.36 Å². The summed E-state index contributed by atoms with van der Waals surface area (Å²) in [7, 11) is 0. The summed E-state index contributed by atoms with van der Waals surface area (Å²) in [6, 6.07) is 9.73. The molecule has 1 aromatic carbocycles. The van der Waals surface area contributed by atoms with Crippen LogP contribution < -0.4 is 5.56 Å². The van der Waals surface area contributed by atoms with Crippen LogP contribution in [0.15, 0.2) is 41.3 Å². The molecule has 0 amide bonds. The van der Waals surface area contributed by atoms with Gasteiger partial charge in [0.2, 0.25) is 0 Å². The third-order valence-corrected chi connectivity index (χ3v) is 3.69. The Morgan fingerprint density at radius 1 is 1.18 bits per heavy atom. The summed E-state index contributed by atoms with van der Waals surface area (Å²) in [5, 5.41) is 9.83. The lowest BCUT2D eigenvalue weighted by Crippen LogP contribution is -2.26. The van der Waals surface area contributed by atoms with Crippen molar-refractivity contribution in [3.63, 3.8) is 0 Å². The van der Waals surface area contributed by atoms with Crippen LogP contribution in [0.1, 0.15) is 38.8 Å². The summed E-state index contributed by atoms with van der Waals surface area (Å²) < 4.78 is 3.29. The van der Waals surface area contributed by atoms with Gasteiger partial charge in [0.25, 0.3) is 5.56 Å². The van der Waals surface area contributed by atoms with Crippen molar-refractivity contribution in [2.75, 3.05) is 0 Å². The maximum atomic E-state index is 12.8. The van der Waals surface area contributed by atoms with E-state index >= 15 is 0 Å². The van der Waals surface area contributed by atoms with Gasteiger partial charge in [-0.3, -0.25) is 4.79 Å². The van der Waals surface area contributed by atoms with Crippen molar-refractivity contribution in [2.45, 2.75) is 39.7 Å². The van der Waals surface area contributed by atoms with Crippen molar-refractivity contribution in [2.24, 2.45) is 0 Å². The van der Waals surface area contributed by atoms with Crippen LogP contribution in [0.25, 0.3) is 16.6 Å². The second-order valence-corrected chi connectivity index (χ2v) is 5.72. The minimum atomic E-state index is -0.0809. The molecule has 0 bridgehead atoms. The number of hydrogen-bond acceptors (Lipinski definition) is 3. The van der Waals surface area contributed by atoms with Crippen LogP contribution in [0.3, 0.4) is 0 Å². The Morgan fingerprint density at radius 2 is 1.91 bits per heavy atom. The normalized spacial score (nSPS) is 11.5. The van der Waals surface area contributed by atoms with Gasteiger partial charge in [-0.05, 0) is 24.5 Å². The molecule has 3 aromatic rings. The molecule has 0 N–H and O–H groups in total. The fourth-order valence-electron chi connectivity index (χ4n) is 2.65. The number of para-hydroxylation sites is 1. The largest absolute Gasteiger partial charge is 0.293 e. The van der Waals surface area contributed by atoms with Crippen LogP contribution in [0.5, 0.6) is 0 Å². The molecular weight excluding hydrogens is 276 g/mol. The van der Waals surface area contributed by atoms with Gasteiger partial charge in [0.05, 0.1) is 17.6 Å². The van der Waals surface area contributed by atoms with Crippen LogP contribution in [0, 0.1) is 0 Å². The molecule has 0 aliphatic carbocycles. The van der Waals surface area contributed by atoms with E-state index < -0.39 is 0 Å². The van der Waals surface area contributed by atoms with E-state index in [0.717, 1.165) is 23.2 Å². The number of aryl methyl sites for hydroxylation is 1. The molecule has 0 radical (unpaired) electrons. The molecule has 0 spiro atoms. The van der Waals surface area contributed by atoms with Crippen molar-refractivity contribution >= 4 is 10.9 Å². The van der Waals surface area contributed by atoms with Crippen molar-refractivity contribution in [3.8, 4) is 5.69 Å². The maximum absolute atomic E-state index is 12.8. The maximum Gasteiger partial charge on any atom is 0.293 e. The van der Waals surface area contributed by atoms with E-state index in [1.54, 1.807) is 15.6 Å². The number of hydrogen-bond donors (Lipinski definition) is 0. The first-order valence-corrected chi connectivity index (χ1v) is 7.67. The second kappa shape index (κ2) is 5.75. The highest BCUT2D eigenvalue weighted by atomic mass is 16.1. The van der Waals surface area contributed by atoms with E-state index in [-0.39, 0.29) is 11.5 Å². The van der Waals surface area contributed by atoms with Gasteiger partial charge < -0.3 is 0 Å². The molecule has 0 atom stereocenters. The Balaban J connectivity index is 2.35. The van der Waals surface area contributed by atoms with Gasteiger partial charge >= 0.3 is 0 Å². The number of nitrogens with zero attached hydrogens (tertiary/aromatic N) is 4. The zero-order chi connectivity index (χ0) is 15.7. The van der Waals surface area contributed by atoms with Crippen molar-refractivity contribution in [3.05, 3.63) is 52.6 Å². The number of fused-ring (bicyclic) bond motifs is 1. The smallest absolute Gasteiger partial charge is 0.265 e. The van der Waals surface area contributed by atoms with E-state index in [1.165, 1.54) is 0 Å². The minimum absolute atomic E-state index is 0.0809. The Morgan fingerprint density at radius 3 is 2.55 bits per heavy atom. The van der Waals surface area contributed by atoms with E-state index in [9.17, 15) is 4.79 Å². The van der Waals surface area contributed by atoms with E-state index in [0.29, 0.717) is 12.1 Å². The summed E-state index contributed by atoms with van der Waals surface area (Å²) in [6.07, 6.45) is 2.62. The van der Waals surface area contributed by atoms with E-state index in [2.05, 4.69) is 24.0 Å². The van der Waals surface area contributed by atoms with Crippen LogP contribution in [-0.2, 0) is 6.54 Å². The molecule has 0 aliphatic heterocycles. The molecule has 3 rings (SSSR count). The number of aromatic nitrogens is 4. The molecule has 5 nitrogen and oxygen atoms in total. The van der Waals surface area contributed by atoms with E-state index in [1.807, 2.05) is 37.3 Å². The quantitative estimate of drug-likeness (QED) is 0.743. The highest BCUT2D eigenvalue weighted by Gasteiger charge is 2.18.